The lowest BCUT2D eigenvalue weighted by Gasteiger charge is -2.10. The van der Waals surface area contributed by atoms with Gasteiger partial charge in [0.25, 0.3) is 11.5 Å². The van der Waals surface area contributed by atoms with Crippen molar-refractivity contribution in [3.8, 4) is 11.5 Å². The van der Waals surface area contributed by atoms with Crippen LogP contribution < -0.4 is 20.3 Å². The summed E-state index contributed by atoms with van der Waals surface area (Å²) in [5.41, 5.74) is 0.856. The van der Waals surface area contributed by atoms with Gasteiger partial charge in [0.05, 0.1) is 19.7 Å². The van der Waals surface area contributed by atoms with Gasteiger partial charge in [0.1, 0.15) is 23.8 Å². The molecule has 0 fully saturated rings. The van der Waals surface area contributed by atoms with Crippen LogP contribution >= 0.6 is 0 Å². The first-order valence-corrected chi connectivity index (χ1v) is 9.41. The summed E-state index contributed by atoms with van der Waals surface area (Å²) in [6, 6.07) is 19.5. The van der Waals surface area contributed by atoms with Crippen molar-refractivity contribution in [2.75, 3.05) is 19.8 Å². The number of aromatic nitrogens is 2. The van der Waals surface area contributed by atoms with Crippen molar-refractivity contribution < 1.29 is 14.3 Å². The number of benzene rings is 2. The standard InChI is InChI=1S/C22H23N3O4/c1-2-28-18-8-10-19(11-9-18)29-15-14-23-22(27)20-12-13-21(26)25(24-20)16-17-6-4-3-5-7-17/h3-13H,2,14-16H2,1H3,(H,23,27). The number of ether oxygens (including phenoxy) is 2. The zero-order valence-corrected chi connectivity index (χ0v) is 16.2. The zero-order chi connectivity index (χ0) is 20.5. The first-order valence-electron chi connectivity index (χ1n) is 9.41. The summed E-state index contributed by atoms with van der Waals surface area (Å²) in [6.07, 6.45) is 0. The van der Waals surface area contributed by atoms with Crippen molar-refractivity contribution in [2.45, 2.75) is 13.5 Å². The molecule has 0 spiro atoms. The monoisotopic (exact) mass is 393 g/mol. The fourth-order valence-corrected chi connectivity index (χ4v) is 2.66. The molecule has 1 aromatic heterocycles. The fourth-order valence-electron chi connectivity index (χ4n) is 2.66. The predicted molar refractivity (Wildman–Crippen MR) is 109 cm³/mol. The maximum atomic E-state index is 12.3. The summed E-state index contributed by atoms with van der Waals surface area (Å²) in [6.45, 7) is 3.46. The molecule has 0 saturated carbocycles. The number of carbonyl (C=O) groups excluding carboxylic acids is 1. The highest BCUT2D eigenvalue weighted by Gasteiger charge is 2.09. The molecular weight excluding hydrogens is 370 g/mol. The molecule has 7 heteroatoms. The molecule has 0 atom stereocenters. The molecule has 0 unspecified atom stereocenters. The molecule has 0 saturated heterocycles. The molecule has 1 heterocycles. The predicted octanol–water partition coefficient (Wildman–Crippen LogP) is 2.50. The van der Waals surface area contributed by atoms with E-state index in [1.54, 1.807) is 0 Å². The molecule has 0 aliphatic carbocycles. The summed E-state index contributed by atoms with van der Waals surface area (Å²) >= 11 is 0. The second-order valence-corrected chi connectivity index (χ2v) is 6.21. The van der Waals surface area contributed by atoms with Crippen molar-refractivity contribution in [1.82, 2.24) is 15.1 Å². The maximum absolute atomic E-state index is 12.3. The molecule has 7 nitrogen and oxygen atoms in total. The van der Waals surface area contributed by atoms with Gasteiger partial charge in [-0.3, -0.25) is 9.59 Å². The van der Waals surface area contributed by atoms with Crippen LogP contribution in [-0.4, -0.2) is 35.4 Å². The highest BCUT2D eigenvalue weighted by molar-refractivity contribution is 5.91. The molecule has 0 aliphatic heterocycles. The van der Waals surface area contributed by atoms with Crippen LogP contribution in [0.1, 0.15) is 23.0 Å². The molecule has 2 aromatic carbocycles. The quantitative estimate of drug-likeness (QED) is 0.565. The first kappa shape index (κ1) is 20.1. The molecule has 3 aromatic rings. The van der Waals surface area contributed by atoms with E-state index in [1.807, 2.05) is 61.5 Å². The topological polar surface area (TPSA) is 82.5 Å². The number of carbonyl (C=O) groups is 1. The van der Waals surface area contributed by atoms with E-state index >= 15 is 0 Å². The molecule has 29 heavy (non-hydrogen) atoms. The number of hydrogen-bond donors (Lipinski definition) is 1. The number of amides is 1. The minimum absolute atomic E-state index is 0.182. The van der Waals surface area contributed by atoms with Crippen LogP contribution in [0.25, 0.3) is 0 Å². The average Bonchev–Trinajstić information content (AvgIpc) is 2.75. The fraction of sp³-hybridized carbons (Fsp3) is 0.227. The van der Waals surface area contributed by atoms with E-state index in [2.05, 4.69) is 10.4 Å². The third-order valence-corrected chi connectivity index (χ3v) is 4.07. The number of nitrogens with one attached hydrogen (secondary N) is 1. The first-order chi connectivity index (χ1) is 14.2. The summed E-state index contributed by atoms with van der Waals surface area (Å²) in [4.78, 5) is 24.3. The van der Waals surface area contributed by atoms with Crippen molar-refractivity contribution in [1.29, 1.82) is 0 Å². The number of rotatable bonds is 9. The Balaban J connectivity index is 1.51. The van der Waals surface area contributed by atoms with E-state index in [-0.39, 0.29) is 17.2 Å². The third kappa shape index (κ3) is 5.93. The van der Waals surface area contributed by atoms with Crippen LogP contribution in [0, 0.1) is 0 Å². The van der Waals surface area contributed by atoms with Crippen LogP contribution in [0.4, 0.5) is 0 Å². The number of nitrogens with zero attached hydrogens (tertiary/aromatic N) is 2. The van der Waals surface area contributed by atoms with E-state index in [4.69, 9.17) is 9.47 Å². The molecule has 0 aliphatic rings. The van der Waals surface area contributed by atoms with E-state index in [0.717, 1.165) is 11.3 Å². The van der Waals surface area contributed by atoms with Gasteiger partial charge in [-0.15, -0.1) is 0 Å². The van der Waals surface area contributed by atoms with Crippen molar-refractivity contribution in [3.63, 3.8) is 0 Å². The Bertz CT molecular complexity index is 985. The smallest absolute Gasteiger partial charge is 0.271 e. The molecular formula is C22H23N3O4. The van der Waals surface area contributed by atoms with Gasteiger partial charge in [-0.25, -0.2) is 4.68 Å². The van der Waals surface area contributed by atoms with Crippen molar-refractivity contribution in [2.24, 2.45) is 0 Å². The van der Waals surface area contributed by atoms with Gasteiger partial charge in [0, 0.05) is 6.07 Å². The van der Waals surface area contributed by atoms with Crippen LogP contribution in [0.3, 0.4) is 0 Å². The molecule has 0 radical (unpaired) electrons. The Kier molecular flexibility index (Phi) is 7.00. The minimum atomic E-state index is -0.359. The van der Waals surface area contributed by atoms with E-state index in [0.29, 0.717) is 32.1 Å². The van der Waals surface area contributed by atoms with Gasteiger partial charge in [-0.1, -0.05) is 30.3 Å². The molecule has 0 bridgehead atoms. The van der Waals surface area contributed by atoms with Gasteiger partial charge < -0.3 is 14.8 Å². The van der Waals surface area contributed by atoms with E-state index in [9.17, 15) is 9.59 Å². The van der Waals surface area contributed by atoms with Crippen molar-refractivity contribution >= 4 is 5.91 Å². The van der Waals surface area contributed by atoms with Crippen molar-refractivity contribution in [3.05, 3.63) is 88.3 Å². The Labute approximate surface area is 168 Å². The maximum Gasteiger partial charge on any atom is 0.271 e. The normalized spacial score (nSPS) is 10.4. The Morgan fingerprint density at radius 1 is 0.966 bits per heavy atom. The lowest BCUT2D eigenvalue weighted by Crippen LogP contribution is -2.32. The lowest BCUT2D eigenvalue weighted by atomic mass is 10.2. The largest absolute Gasteiger partial charge is 0.494 e. The van der Waals surface area contributed by atoms with Gasteiger partial charge in [0.2, 0.25) is 0 Å². The van der Waals surface area contributed by atoms with Gasteiger partial charge in [-0.2, -0.15) is 5.10 Å². The second-order valence-electron chi connectivity index (χ2n) is 6.21. The van der Waals surface area contributed by atoms with Crippen LogP contribution in [0.15, 0.2) is 71.5 Å². The van der Waals surface area contributed by atoms with Gasteiger partial charge in [0.15, 0.2) is 0 Å². The zero-order valence-electron chi connectivity index (χ0n) is 16.2. The number of hydrogen-bond acceptors (Lipinski definition) is 5. The van der Waals surface area contributed by atoms with E-state index < -0.39 is 0 Å². The SMILES string of the molecule is CCOc1ccc(OCCNC(=O)c2ccc(=O)n(Cc3ccccc3)n2)cc1. The summed E-state index contributed by atoms with van der Waals surface area (Å²) in [5.74, 6) is 1.11. The minimum Gasteiger partial charge on any atom is -0.494 e. The van der Waals surface area contributed by atoms with Crippen LogP contribution in [0.5, 0.6) is 11.5 Å². The Morgan fingerprint density at radius 3 is 2.34 bits per heavy atom. The van der Waals surface area contributed by atoms with Crippen LogP contribution in [-0.2, 0) is 6.54 Å². The average molecular weight is 393 g/mol. The Hall–Kier alpha value is -3.61. The van der Waals surface area contributed by atoms with Crippen LogP contribution in [0.2, 0.25) is 0 Å². The third-order valence-electron chi connectivity index (χ3n) is 4.07. The summed E-state index contributed by atoms with van der Waals surface area (Å²) in [7, 11) is 0. The highest BCUT2D eigenvalue weighted by Crippen LogP contribution is 2.17. The highest BCUT2D eigenvalue weighted by atomic mass is 16.5. The van der Waals surface area contributed by atoms with E-state index in [1.165, 1.54) is 16.8 Å². The molecule has 150 valence electrons. The molecule has 1 N–H and O–H groups in total. The summed E-state index contributed by atoms with van der Waals surface area (Å²) in [5, 5.41) is 6.91. The van der Waals surface area contributed by atoms with Gasteiger partial charge in [-0.05, 0) is 42.8 Å². The molecule has 3 rings (SSSR count). The summed E-state index contributed by atoms with van der Waals surface area (Å²) < 4.78 is 12.3. The Morgan fingerprint density at radius 2 is 1.66 bits per heavy atom. The van der Waals surface area contributed by atoms with Gasteiger partial charge >= 0.3 is 0 Å². The molecule has 1 amide bonds. The lowest BCUT2D eigenvalue weighted by molar-refractivity contribution is 0.0939. The second kappa shape index (κ2) is 10.1.